The van der Waals surface area contributed by atoms with Crippen molar-refractivity contribution in [3.05, 3.63) is 29.3 Å². The third-order valence-electron chi connectivity index (χ3n) is 4.04. The van der Waals surface area contributed by atoms with Crippen LogP contribution in [0.2, 0.25) is 0 Å². The number of hydrogen-bond donors (Lipinski definition) is 1. The maximum Gasteiger partial charge on any atom is 0.0396 e. The molecule has 0 aliphatic carbocycles. The molecule has 0 aliphatic rings. The monoisotopic (exact) mass is 290 g/mol. The summed E-state index contributed by atoms with van der Waals surface area (Å²) in [4.78, 5) is 2.50. The van der Waals surface area contributed by atoms with E-state index in [2.05, 4.69) is 76.9 Å². The Kier molecular flexibility index (Phi) is 6.73. The van der Waals surface area contributed by atoms with Crippen LogP contribution in [-0.4, -0.2) is 18.6 Å². The Labute approximate surface area is 131 Å². The minimum atomic E-state index is 0.165. The quantitative estimate of drug-likeness (QED) is 0.779. The fourth-order valence-electron chi connectivity index (χ4n) is 2.45. The van der Waals surface area contributed by atoms with E-state index >= 15 is 0 Å². The van der Waals surface area contributed by atoms with E-state index in [1.54, 1.807) is 0 Å². The molecular formula is C19H34N2. The van der Waals surface area contributed by atoms with E-state index in [0.29, 0.717) is 0 Å². The average Bonchev–Trinajstić information content (AvgIpc) is 2.42. The summed E-state index contributed by atoms with van der Waals surface area (Å²) in [6.45, 7) is 18.9. The smallest absolute Gasteiger partial charge is 0.0396 e. The van der Waals surface area contributed by atoms with E-state index in [1.807, 2.05) is 0 Å². The fourth-order valence-corrected chi connectivity index (χ4v) is 2.45. The maximum absolute atomic E-state index is 3.56. The molecule has 0 radical (unpaired) electrons. The van der Waals surface area contributed by atoms with E-state index in [-0.39, 0.29) is 5.54 Å². The zero-order valence-electron chi connectivity index (χ0n) is 15.1. The molecule has 0 aromatic heterocycles. The first kappa shape index (κ1) is 18.0. The second-order valence-corrected chi connectivity index (χ2v) is 7.28. The Morgan fingerprint density at radius 1 is 1.19 bits per heavy atom. The highest BCUT2D eigenvalue weighted by Crippen LogP contribution is 2.23. The molecule has 0 saturated carbocycles. The van der Waals surface area contributed by atoms with E-state index in [1.165, 1.54) is 23.2 Å². The van der Waals surface area contributed by atoms with Gasteiger partial charge in [-0.1, -0.05) is 32.4 Å². The Morgan fingerprint density at radius 3 is 2.33 bits per heavy atom. The Morgan fingerprint density at radius 2 is 1.86 bits per heavy atom. The van der Waals surface area contributed by atoms with Crippen LogP contribution in [0.3, 0.4) is 0 Å². The van der Waals surface area contributed by atoms with Gasteiger partial charge in [-0.05, 0) is 57.7 Å². The molecule has 0 amide bonds. The Balaban J connectivity index is 2.81. The van der Waals surface area contributed by atoms with Crippen molar-refractivity contribution in [2.45, 2.75) is 67.0 Å². The zero-order chi connectivity index (χ0) is 16.0. The molecule has 2 heteroatoms. The summed E-state index contributed by atoms with van der Waals surface area (Å²) >= 11 is 0. The van der Waals surface area contributed by atoms with Crippen molar-refractivity contribution in [2.75, 3.05) is 18.0 Å². The Hall–Kier alpha value is -1.02. The molecule has 0 fully saturated rings. The number of nitrogens with zero attached hydrogens (tertiary/aromatic N) is 1. The van der Waals surface area contributed by atoms with Crippen LogP contribution in [0.4, 0.5) is 5.69 Å². The van der Waals surface area contributed by atoms with Crippen molar-refractivity contribution in [3.8, 4) is 0 Å². The maximum atomic E-state index is 3.56. The van der Waals surface area contributed by atoms with Gasteiger partial charge in [0, 0.05) is 30.9 Å². The first-order valence-corrected chi connectivity index (χ1v) is 8.36. The van der Waals surface area contributed by atoms with Crippen LogP contribution in [0.15, 0.2) is 18.2 Å². The standard InChI is InChI=1S/C19H34N2/c1-8-15(3)14-21(9-2)18-11-10-17(12-16(18)4)13-20-19(5,6)7/h10-12,15,20H,8-9,13-14H2,1-7H3. The zero-order valence-corrected chi connectivity index (χ0v) is 15.1. The molecule has 120 valence electrons. The van der Waals surface area contributed by atoms with Gasteiger partial charge < -0.3 is 10.2 Å². The lowest BCUT2D eigenvalue weighted by Crippen LogP contribution is -2.35. The van der Waals surface area contributed by atoms with E-state index in [0.717, 1.165) is 25.6 Å². The van der Waals surface area contributed by atoms with Crippen molar-refractivity contribution in [2.24, 2.45) is 5.92 Å². The molecule has 1 aromatic rings. The number of nitrogens with one attached hydrogen (secondary N) is 1. The summed E-state index contributed by atoms with van der Waals surface area (Å²) < 4.78 is 0. The summed E-state index contributed by atoms with van der Waals surface area (Å²) in [6.07, 6.45) is 1.24. The summed E-state index contributed by atoms with van der Waals surface area (Å²) in [6, 6.07) is 6.88. The molecule has 1 N–H and O–H groups in total. The SMILES string of the molecule is CCC(C)CN(CC)c1ccc(CNC(C)(C)C)cc1C. The molecule has 1 atom stereocenters. The molecule has 1 aromatic carbocycles. The third kappa shape index (κ3) is 6.09. The van der Waals surface area contributed by atoms with Crippen molar-refractivity contribution < 1.29 is 0 Å². The number of rotatable bonds is 7. The minimum absolute atomic E-state index is 0.165. The van der Waals surface area contributed by atoms with Crippen molar-refractivity contribution in [1.82, 2.24) is 5.32 Å². The molecule has 0 saturated heterocycles. The molecule has 0 spiro atoms. The molecule has 1 unspecified atom stereocenters. The third-order valence-corrected chi connectivity index (χ3v) is 4.04. The topological polar surface area (TPSA) is 15.3 Å². The summed E-state index contributed by atoms with van der Waals surface area (Å²) in [7, 11) is 0. The van der Waals surface area contributed by atoms with Crippen molar-refractivity contribution in [3.63, 3.8) is 0 Å². The van der Waals surface area contributed by atoms with Gasteiger partial charge in [0.25, 0.3) is 0 Å². The number of benzene rings is 1. The lowest BCUT2D eigenvalue weighted by molar-refractivity contribution is 0.424. The lowest BCUT2D eigenvalue weighted by Gasteiger charge is -2.28. The fraction of sp³-hybridized carbons (Fsp3) is 0.684. The normalized spacial score (nSPS) is 13.3. The number of aryl methyl sites for hydroxylation is 1. The van der Waals surface area contributed by atoms with Crippen LogP contribution in [0.5, 0.6) is 0 Å². The molecule has 2 nitrogen and oxygen atoms in total. The average molecular weight is 290 g/mol. The van der Waals surface area contributed by atoms with Gasteiger partial charge in [0.05, 0.1) is 0 Å². The second-order valence-electron chi connectivity index (χ2n) is 7.28. The van der Waals surface area contributed by atoms with Crippen LogP contribution in [-0.2, 0) is 6.54 Å². The van der Waals surface area contributed by atoms with Gasteiger partial charge in [-0.15, -0.1) is 0 Å². The minimum Gasteiger partial charge on any atom is -0.371 e. The van der Waals surface area contributed by atoms with Gasteiger partial charge in [-0.2, -0.15) is 0 Å². The van der Waals surface area contributed by atoms with Gasteiger partial charge in [0.2, 0.25) is 0 Å². The molecule has 21 heavy (non-hydrogen) atoms. The van der Waals surface area contributed by atoms with E-state index < -0.39 is 0 Å². The highest BCUT2D eigenvalue weighted by atomic mass is 15.1. The van der Waals surface area contributed by atoms with Crippen LogP contribution >= 0.6 is 0 Å². The largest absolute Gasteiger partial charge is 0.371 e. The van der Waals surface area contributed by atoms with Crippen LogP contribution < -0.4 is 10.2 Å². The van der Waals surface area contributed by atoms with Crippen LogP contribution in [0.1, 0.15) is 59.1 Å². The van der Waals surface area contributed by atoms with Gasteiger partial charge in [-0.25, -0.2) is 0 Å². The predicted molar refractivity (Wildman–Crippen MR) is 95.1 cm³/mol. The molecule has 1 rings (SSSR count). The van der Waals surface area contributed by atoms with Crippen molar-refractivity contribution >= 4 is 5.69 Å². The summed E-state index contributed by atoms with van der Waals surface area (Å²) in [5, 5.41) is 3.56. The molecule has 0 heterocycles. The highest BCUT2D eigenvalue weighted by molar-refractivity contribution is 5.54. The van der Waals surface area contributed by atoms with Gasteiger partial charge >= 0.3 is 0 Å². The van der Waals surface area contributed by atoms with E-state index in [9.17, 15) is 0 Å². The van der Waals surface area contributed by atoms with E-state index in [4.69, 9.17) is 0 Å². The lowest BCUT2D eigenvalue weighted by atomic mass is 10.0. The van der Waals surface area contributed by atoms with Gasteiger partial charge in [0.15, 0.2) is 0 Å². The van der Waals surface area contributed by atoms with Crippen LogP contribution in [0.25, 0.3) is 0 Å². The molecule has 0 aliphatic heterocycles. The number of anilines is 1. The number of hydrogen-bond acceptors (Lipinski definition) is 2. The van der Waals surface area contributed by atoms with Crippen LogP contribution in [0, 0.1) is 12.8 Å². The summed E-state index contributed by atoms with van der Waals surface area (Å²) in [5.74, 6) is 0.742. The molecular weight excluding hydrogens is 256 g/mol. The first-order chi connectivity index (χ1) is 9.76. The summed E-state index contributed by atoms with van der Waals surface area (Å²) in [5.41, 5.74) is 4.30. The van der Waals surface area contributed by atoms with Gasteiger partial charge in [-0.3, -0.25) is 0 Å². The van der Waals surface area contributed by atoms with Gasteiger partial charge in [0.1, 0.15) is 0 Å². The van der Waals surface area contributed by atoms with Crippen molar-refractivity contribution in [1.29, 1.82) is 0 Å². The second kappa shape index (κ2) is 7.84. The Bertz CT molecular complexity index is 432. The first-order valence-electron chi connectivity index (χ1n) is 8.36. The highest BCUT2D eigenvalue weighted by Gasteiger charge is 2.12. The predicted octanol–water partition coefficient (Wildman–Crippen LogP) is 4.76. The molecule has 0 bridgehead atoms.